The second kappa shape index (κ2) is 6.12. The SMILES string of the molecule is CCOc1c(Cl)cc(C(=O)NS(C)(=O)=O)cc1OC. The number of carbonyl (C=O) groups is 1. The predicted octanol–water partition coefficient (Wildman–Crippen LogP) is 1.44. The highest BCUT2D eigenvalue weighted by atomic mass is 35.5. The van der Waals surface area contributed by atoms with E-state index in [1.54, 1.807) is 6.92 Å². The molecule has 0 spiro atoms. The molecule has 6 nitrogen and oxygen atoms in total. The minimum absolute atomic E-state index is 0.0655. The van der Waals surface area contributed by atoms with Gasteiger partial charge in [0.2, 0.25) is 10.0 Å². The molecule has 19 heavy (non-hydrogen) atoms. The summed E-state index contributed by atoms with van der Waals surface area (Å²) in [6.45, 7) is 2.16. The fraction of sp³-hybridized carbons (Fsp3) is 0.364. The van der Waals surface area contributed by atoms with Crippen LogP contribution in [0.5, 0.6) is 11.5 Å². The number of amides is 1. The Hall–Kier alpha value is -1.47. The molecule has 0 bridgehead atoms. The van der Waals surface area contributed by atoms with E-state index < -0.39 is 15.9 Å². The van der Waals surface area contributed by atoms with Crippen LogP contribution in [-0.2, 0) is 10.0 Å². The summed E-state index contributed by atoms with van der Waals surface area (Å²) in [5.74, 6) is -0.221. The molecule has 0 radical (unpaired) electrons. The zero-order chi connectivity index (χ0) is 14.6. The van der Waals surface area contributed by atoms with Gasteiger partial charge >= 0.3 is 0 Å². The maximum atomic E-state index is 11.7. The maximum Gasteiger partial charge on any atom is 0.264 e. The van der Waals surface area contributed by atoms with Crippen molar-refractivity contribution in [1.29, 1.82) is 0 Å². The molecular weight excluding hydrogens is 294 g/mol. The van der Waals surface area contributed by atoms with E-state index in [9.17, 15) is 13.2 Å². The zero-order valence-electron chi connectivity index (χ0n) is 10.7. The van der Waals surface area contributed by atoms with E-state index in [1.165, 1.54) is 19.2 Å². The van der Waals surface area contributed by atoms with Crippen LogP contribution in [0.15, 0.2) is 12.1 Å². The molecule has 0 saturated carbocycles. The van der Waals surface area contributed by atoms with Crippen LogP contribution < -0.4 is 14.2 Å². The number of halogens is 1. The monoisotopic (exact) mass is 307 g/mol. The van der Waals surface area contributed by atoms with Crippen LogP contribution in [0.3, 0.4) is 0 Å². The van der Waals surface area contributed by atoms with E-state index in [4.69, 9.17) is 21.1 Å². The van der Waals surface area contributed by atoms with Gasteiger partial charge in [-0.3, -0.25) is 4.79 Å². The molecule has 0 saturated heterocycles. The highest BCUT2D eigenvalue weighted by molar-refractivity contribution is 7.89. The molecule has 0 heterocycles. The Balaban J connectivity index is 3.18. The van der Waals surface area contributed by atoms with Gasteiger partial charge in [0.25, 0.3) is 5.91 Å². The minimum atomic E-state index is -3.64. The van der Waals surface area contributed by atoms with Crippen molar-refractivity contribution in [2.45, 2.75) is 6.92 Å². The Morgan fingerprint density at radius 1 is 1.42 bits per heavy atom. The third-order valence-electron chi connectivity index (χ3n) is 2.06. The number of ether oxygens (including phenoxy) is 2. The van der Waals surface area contributed by atoms with Crippen molar-refractivity contribution in [2.75, 3.05) is 20.0 Å². The summed E-state index contributed by atoms with van der Waals surface area (Å²) >= 11 is 5.97. The van der Waals surface area contributed by atoms with E-state index >= 15 is 0 Å². The minimum Gasteiger partial charge on any atom is -0.493 e. The van der Waals surface area contributed by atoms with Gasteiger partial charge in [0.05, 0.1) is 25.0 Å². The lowest BCUT2D eigenvalue weighted by Crippen LogP contribution is -2.29. The van der Waals surface area contributed by atoms with Crippen LogP contribution in [0, 0.1) is 0 Å². The first-order chi connectivity index (χ1) is 8.78. The highest BCUT2D eigenvalue weighted by Crippen LogP contribution is 2.36. The standard InChI is InChI=1S/C11H14ClNO5S/c1-4-18-10-8(12)5-7(6-9(10)17-2)11(14)13-19(3,15)16/h5-6H,4H2,1-3H3,(H,13,14). The second-order valence-electron chi connectivity index (χ2n) is 3.63. The summed E-state index contributed by atoms with van der Waals surface area (Å²) < 4.78 is 34.2. The summed E-state index contributed by atoms with van der Waals surface area (Å²) in [4.78, 5) is 11.7. The zero-order valence-corrected chi connectivity index (χ0v) is 12.3. The molecule has 0 fully saturated rings. The third-order valence-corrected chi connectivity index (χ3v) is 2.90. The number of hydrogen-bond acceptors (Lipinski definition) is 5. The van der Waals surface area contributed by atoms with Gasteiger partial charge in [0.15, 0.2) is 11.5 Å². The Morgan fingerprint density at radius 3 is 2.53 bits per heavy atom. The number of nitrogens with one attached hydrogen (secondary N) is 1. The van der Waals surface area contributed by atoms with Crippen molar-refractivity contribution in [2.24, 2.45) is 0 Å². The third kappa shape index (κ3) is 4.29. The number of sulfonamides is 1. The molecule has 0 aliphatic heterocycles. The van der Waals surface area contributed by atoms with Crippen molar-refractivity contribution < 1.29 is 22.7 Å². The molecule has 106 valence electrons. The van der Waals surface area contributed by atoms with Gasteiger partial charge < -0.3 is 9.47 Å². The first-order valence-electron chi connectivity index (χ1n) is 5.31. The van der Waals surface area contributed by atoms with Crippen LogP contribution in [-0.4, -0.2) is 34.3 Å². The van der Waals surface area contributed by atoms with Gasteiger partial charge in [-0.25, -0.2) is 13.1 Å². The molecule has 0 unspecified atom stereocenters. The summed E-state index contributed by atoms with van der Waals surface area (Å²) in [5, 5.41) is 0.167. The van der Waals surface area contributed by atoms with Gasteiger partial charge in [0.1, 0.15) is 0 Å². The topological polar surface area (TPSA) is 81.7 Å². The molecule has 1 rings (SSSR count). The maximum absolute atomic E-state index is 11.7. The lowest BCUT2D eigenvalue weighted by Gasteiger charge is -2.12. The molecule has 0 aliphatic rings. The first kappa shape index (κ1) is 15.6. The number of methoxy groups -OCH3 is 1. The summed E-state index contributed by atoms with van der Waals surface area (Å²) in [7, 11) is -2.24. The fourth-order valence-electron chi connectivity index (χ4n) is 1.36. The molecular formula is C11H14ClNO5S. The van der Waals surface area contributed by atoms with E-state index in [0.717, 1.165) is 6.26 Å². The first-order valence-corrected chi connectivity index (χ1v) is 7.58. The molecule has 1 aromatic rings. The fourth-order valence-corrected chi connectivity index (χ4v) is 2.08. The van der Waals surface area contributed by atoms with Crippen LogP contribution in [0.25, 0.3) is 0 Å². The number of carbonyl (C=O) groups excluding carboxylic acids is 1. The summed E-state index contributed by atoms with van der Waals surface area (Å²) in [5.41, 5.74) is 0.0655. The van der Waals surface area contributed by atoms with Crippen molar-refractivity contribution in [1.82, 2.24) is 4.72 Å². The largest absolute Gasteiger partial charge is 0.493 e. The van der Waals surface area contributed by atoms with Crippen LogP contribution in [0.4, 0.5) is 0 Å². The number of benzene rings is 1. The van der Waals surface area contributed by atoms with Crippen molar-refractivity contribution in [3.05, 3.63) is 22.7 Å². The molecule has 1 aromatic carbocycles. The molecule has 1 amide bonds. The lowest BCUT2D eigenvalue weighted by molar-refractivity contribution is 0.0981. The summed E-state index contributed by atoms with van der Waals surface area (Å²) in [6.07, 6.45) is 0.887. The van der Waals surface area contributed by atoms with E-state index in [1.807, 2.05) is 4.72 Å². The molecule has 0 atom stereocenters. The Bertz CT molecular complexity index is 585. The average Bonchev–Trinajstić information content (AvgIpc) is 2.29. The molecule has 8 heteroatoms. The smallest absolute Gasteiger partial charge is 0.264 e. The van der Waals surface area contributed by atoms with E-state index in [2.05, 4.69) is 0 Å². The van der Waals surface area contributed by atoms with Crippen LogP contribution in [0.2, 0.25) is 5.02 Å². The van der Waals surface area contributed by atoms with Crippen LogP contribution in [0.1, 0.15) is 17.3 Å². The van der Waals surface area contributed by atoms with Crippen molar-refractivity contribution >= 4 is 27.5 Å². The van der Waals surface area contributed by atoms with Crippen molar-refractivity contribution in [3.8, 4) is 11.5 Å². The molecule has 0 aliphatic carbocycles. The Kier molecular flexibility index (Phi) is 5.02. The quantitative estimate of drug-likeness (QED) is 0.890. The van der Waals surface area contributed by atoms with E-state index in [0.29, 0.717) is 12.4 Å². The summed E-state index contributed by atoms with van der Waals surface area (Å²) in [6, 6.07) is 2.67. The Morgan fingerprint density at radius 2 is 2.05 bits per heavy atom. The van der Waals surface area contributed by atoms with Gasteiger partial charge in [-0.15, -0.1) is 0 Å². The lowest BCUT2D eigenvalue weighted by atomic mass is 10.2. The Labute approximate surface area is 116 Å². The van der Waals surface area contributed by atoms with Gasteiger partial charge in [-0.2, -0.15) is 0 Å². The number of rotatable bonds is 5. The number of hydrogen-bond donors (Lipinski definition) is 1. The molecule has 0 aromatic heterocycles. The second-order valence-corrected chi connectivity index (χ2v) is 5.78. The normalized spacial score (nSPS) is 10.9. The predicted molar refractivity (Wildman–Crippen MR) is 71.5 cm³/mol. The molecule has 1 N–H and O–H groups in total. The van der Waals surface area contributed by atoms with Gasteiger partial charge in [-0.1, -0.05) is 11.6 Å². The van der Waals surface area contributed by atoms with Gasteiger partial charge in [-0.05, 0) is 19.1 Å². The average molecular weight is 308 g/mol. The van der Waals surface area contributed by atoms with E-state index in [-0.39, 0.29) is 16.3 Å². The van der Waals surface area contributed by atoms with Gasteiger partial charge in [0, 0.05) is 5.56 Å². The van der Waals surface area contributed by atoms with Crippen LogP contribution >= 0.6 is 11.6 Å². The van der Waals surface area contributed by atoms with Crippen molar-refractivity contribution in [3.63, 3.8) is 0 Å². The highest BCUT2D eigenvalue weighted by Gasteiger charge is 2.17.